The smallest absolute Gasteiger partial charge is 0.324 e. The fourth-order valence-electron chi connectivity index (χ4n) is 5.68. The average Bonchev–Trinajstić information content (AvgIpc) is 3.65. The molecule has 0 atom stereocenters. The quantitative estimate of drug-likeness (QED) is 0.191. The number of fused-ring (bicyclic) bond motifs is 11. The molecule has 3 aliphatic rings. The van der Waals surface area contributed by atoms with Crippen molar-refractivity contribution in [3.8, 4) is 32.8 Å². The fourth-order valence-corrected chi connectivity index (χ4v) is 6.30. The molecule has 8 heteroatoms. The van der Waals surface area contributed by atoms with Crippen LogP contribution >= 0.6 is 11.3 Å². The van der Waals surface area contributed by atoms with E-state index in [-0.39, 0.29) is 27.9 Å². The van der Waals surface area contributed by atoms with Gasteiger partial charge in [0.2, 0.25) is 0 Å². The third-order valence-corrected chi connectivity index (χ3v) is 8.06. The Labute approximate surface area is 240 Å². The molecule has 4 heterocycles. The van der Waals surface area contributed by atoms with Gasteiger partial charge in [0, 0.05) is 37.6 Å². The van der Waals surface area contributed by atoms with Gasteiger partial charge in [-0.25, -0.2) is 5.10 Å². The molecule has 0 bridgehead atoms. The van der Waals surface area contributed by atoms with Crippen molar-refractivity contribution in [2.75, 3.05) is 16.8 Å². The fraction of sp³-hybridized carbons (Fsp3) is 0.0333. The van der Waals surface area contributed by atoms with Gasteiger partial charge in [-0.1, -0.05) is 87.5 Å². The normalized spacial score (nSPS) is 14.3. The summed E-state index contributed by atoms with van der Waals surface area (Å²) in [6.45, 7) is 1.97. The van der Waals surface area contributed by atoms with Crippen LogP contribution in [0.4, 0.5) is 17.1 Å². The van der Waals surface area contributed by atoms with Crippen LogP contribution in [0.15, 0.2) is 89.5 Å². The van der Waals surface area contributed by atoms with Crippen molar-refractivity contribution in [2.24, 2.45) is 5.10 Å². The number of thiazole rings is 1. The molecule has 3 aliphatic heterocycles. The third-order valence-electron chi connectivity index (χ3n) is 7.26. The van der Waals surface area contributed by atoms with Crippen molar-refractivity contribution in [1.29, 1.82) is 0 Å². The Hall–Kier alpha value is -3.67. The molecule has 0 aliphatic carbocycles. The first-order chi connectivity index (χ1) is 18.3. The van der Waals surface area contributed by atoms with Gasteiger partial charge in [0.15, 0.2) is 0 Å². The maximum absolute atomic E-state index is 4.57. The van der Waals surface area contributed by atoms with E-state index in [9.17, 15) is 0 Å². The van der Waals surface area contributed by atoms with E-state index in [4.69, 9.17) is 0 Å². The van der Waals surface area contributed by atoms with Gasteiger partial charge < -0.3 is 14.7 Å². The first kappa shape index (κ1) is 23.5. The summed E-state index contributed by atoms with van der Waals surface area (Å²) < 4.78 is 0. The first-order valence-electron chi connectivity index (χ1n) is 12.2. The van der Waals surface area contributed by atoms with E-state index in [1.807, 2.05) is 36.5 Å². The Morgan fingerprint density at radius 2 is 1.50 bits per heavy atom. The van der Waals surface area contributed by atoms with E-state index in [0.717, 1.165) is 27.6 Å². The topological polar surface area (TPSA) is 35.0 Å². The zero-order valence-corrected chi connectivity index (χ0v) is 23.4. The molecule has 0 saturated carbocycles. The Bertz CT molecular complexity index is 1720. The molecule has 4 aromatic carbocycles. The second kappa shape index (κ2) is 8.97. The summed E-state index contributed by atoms with van der Waals surface area (Å²) >= 11 is 1.64. The minimum atomic E-state index is 0. The van der Waals surface area contributed by atoms with E-state index >= 15 is 0 Å². The molecule has 0 N–H and O–H groups in total. The van der Waals surface area contributed by atoms with Crippen LogP contribution in [-0.4, -0.2) is 30.2 Å². The zero-order chi connectivity index (χ0) is 24.5. The predicted octanol–water partition coefficient (Wildman–Crippen LogP) is 5.13. The number of aromatic nitrogens is 1. The number of nitrogens with zero attached hydrogens (tertiary/aromatic N) is 5. The number of benzene rings is 4. The van der Waals surface area contributed by atoms with E-state index < -0.39 is 0 Å². The Balaban J connectivity index is 0.00000242. The molecule has 0 unspecified atom stereocenters. The van der Waals surface area contributed by atoms with Crippen molar-refractivity contribution in [1.82, 2.24) is 9.99 Å². The molecule has 0 saturated heterocycles. The molecule has 0 amide bonds. The zero-order valence-electron chi connectivity index (χ0n) is 20.3. The minimum Gasteiger partial charge on any atom is -0.483 e. The van der Waals surface area contributed by atoms with Gasteiger partial charge >= 0.3 is 6.85 Å². The van der Waals surface area contributed by atoms with Gasteiger partial charge in [-0.15, -0.1) is 53.8 Å². The second-order valence-electron chi connectivity index (χ2n) is 9.35. The maximum Gasteiger partial charge on any atom is 0.324 e. The summed E-state index contributed by atoms with van der Waals surface area (Å²) in [4.78, 5) is 9.00. The Morgan fingerprint density at radius 1 is 0.816 bits per heavy atom. The Morgan fingerprint density at radius 3 is 2.16 bits per heavy atom. The summed E-state index contributed by atoms with van der Waals surface area (Å²) in [5.41, 5.74) is 11.4. The summed E-state index contributed by atoms with van der Waals surface area (Å²) in [6, 6.07) is 33.7. The van der Waals surface area contributed by atoms with Crippen LogP contribution in [0.5, 0.6) is 0 Å². The molecule has 8 rings (SSSR count). The molecule has 1 aromatic heterocycles. The van der Waals surface area contributed by atoms with Crippen molar-refractivity contribution < 1.29 is 21.1 Å². The second-order valence-corrected chi connectivity index (χ2v) is 10.2. The van der Waals surface area contributed by atoms with Crippen LogP contribution in [0.1, 0.15) is 0 Å². The van der Waals surface area contributed by atoms with Crippen molar-refractivity contribution >= 4 is 52.5 Å². The summed E-state index contributed by atoms with van der Waals surface area (Å²) in [6.07, 6.45) is 3.67. The van der Waals surface area contributed by atoms with Gasteiger partial charge in [-0.3, -0.25) is 4.98 Å². The predicted molar refractivity (Wildman–Crippen MR) is 153 cm³/mol. The van der Waals surface area contributed by atoms with Crippen LogP contribution in [0.2, 0.25) is 0 Å². The Kier molecular flexibility index (Phi) is 5.53. The van der Waals surface area contributed by atoms with E-state index in [0.29, 0.717) is 0 Å². The number of hydrazone groups is 1. The molecule has 0 radical (unpaired) electrons. The van der Waals surface area contributed by atoms with Crippen LogP contribution < -0.4 is 20.6 Å². The third kappa shape index (κ3) is 3.42. The molecule has 5 nitrogen and oxygen atoms in total. The number of hydrogen-bond donors (Lipinski definition) is 0. The van der Waals surface area contributed by atoms with Crippen LogP contribution in [-0.2, 0) is 21.1 Å². The molecular formula is C30H19BN5PtS-3. The van der Waals surface area contributed by atoms with Gasteiger partial charge in [0.05, 0.1) is 6.34 Å². The van der Waals surface area contributed by atoms with E-state index in [1.54, 1.807) is 16.3 Å². The summed E-state index contributed by atoms with van der Waals surface area (Å²) in [7, 11) is 1.92. The molecule has 0 spiro atoms. The van der Waals surface area contributed by atoms with E-state index in [1.165, 1.54) is 33.2 Å². The number of hydrogen-bond acceptors (Lipinski definition) is 6. The molecule has 186 valence electrons. The average molecular weight is 687 g/mol. The monoisotopic (exact) mass is 687 g/mol. The maximum atomic E-state index is 4.57. The number of anilines is 3. The van der Waals surface area contributed by atoms with Gasteiger partial charge in [-0.2, -0.15) is 17.4 Å². The molecular weight excluding hydrogens is 668 g/mol. The van der Waals surface area contributed by atoms with Crippen LogP contribution in [0.3, 0.4) is 0 Å². The van der Waals surface area contributed by atoms with E-state index in [2.05, 4.69) is 99.8 Å². The molecule has 38 heavy (non-hydrogen) atoms. The van der Waals surface area contributed by atoms with Crippen molar-refractivity contribution in [3.63, 3.8) is 0 Å². The number of rotatable bonds is 2. The minimum absolute atomic E-state index is 0. The van der Waals surface area contributed by atoms with Crippen LogP contribution in [0, 0.1) is 18.8 Å². The summed E-state index contributed by atoms with van der Waals surface area (Å²) in [5.74, 6) is 0. The van der Waals surface area contributed by atoms with Crippen LogP contribution in [0.25, 0.3) is 32.8 Å². The van der Waals surface area contributed by atoms with Crippen molar-refractivity contribution in [3.05, 3.63) is 103 Å². The van der Waals surface area contributed by atoms with Gasteiger partial charge in [0.1, 0.15) is 0 Å². The first-order valence-corrected chi connectivity index (χ1v) is 13.0. The van der Waals surface area contributed by atoms with Gasteiger partial charge in [0.25, 0.3) is 0 Å². The SMILES string of the molecule is CN1[CH-]N(c2[c-]c3c(cc2)-c2ccccc2B2c4ccccc4-c4ccc(-c5nccs5)[c-]c4N23)C=N1.[Pt]. The molecule has 5 aromatic rings. The largest absolute Gasteiger partial charge is 0.483 e. The summed E-state index contributed by atoms with van der Waals surface area (Å²) in [5, 5.41) is 9.14. The molecule has 0 fully saturated rings. The van der Waals surface area contributed by atoms with Crippen molar-refractivity contribution in [2.45, 2.75) is 0 Å². The standard InChI is InChI=1S/C30H19BN5S.Pt/c1-34-19-35(18-33-34)21-11-13-25-23-7-3-5-9-27(23)31-26-8-4-2-6-22(26)24-12-10-20(30-32-14-15-37-30)16-28(24)36(31)29(25)17-21;/h2-15,18-19H,1H3;/q-3;. The van der Waals surface area contributed by atoms with Gasteiger partial charge in [-0.05, 0) is 7.05 Å².